The number of nitrogens with one attached hydrogen (secondary N) is 2. The number of halogens is 1. The van der Waals surface area contributed by atoms with Crippen LogP contribution in [0, 0.1) is 0 Å². The molecule has 3 heterocycles. The largest absolute Gasteiger partial charge is 0.468 e. The number of aliphatic imine (C=N–C) groups is 1. The van der Waals surface area contributed by atoms with Crippen molar-refractivity contribution in [2.75, 3.05) is 44.5 Å². The normalized spacial score (nSPS) is 17.5. The second-order valence-electron chi connectivity index (χ2n) is 9.03. The van der Waals surface area contributed by atoms with E-state index in [0.717, 1.165) is 12.0 Å². The number of hydrogen-bond donors (Lipinski definition) is 4. The van der Waals surface area contributed by atoms with Crippen LogP contribution in [0.2, 0.25) is 5.15 Å². The minimum absolute atomic E-state index is 0.0558. The molecule has 0 aliphatic carbocycles. The minimum atomic E-state index is -0.684. The molecular weight excluding hydrogens is 500 g/mol. The van der Waals surface area contributed by atoms with Crippen molar-refractivity contribution < 1.29 is 19.1 Å². The third-order valence-corrected chi connectivity index (χ3v) is 6.59. The zero-order chi connectivity index (χ0) is 26.4. The summed E-state index contributed by atoms with van der Waals surface area (Å²) in [5, 5.41) is 6.31. The van der Waals surface area contributed by atoms with Crippen LogP contribution in [-0.4, -0.2) is 71.2 Å². The highest BCUT2D eigenvalue weighted by Gasteiger charge is 2.40. The van der Waals surface area contributed by atoms with Crippen LogP contribution < -0.4 is 26.8 Å². The van der Waals surface area contributed by atoms with Gasteiger partial charge in [-0.05, 0) is 37.0 Å². The molecule has 37 heavy (non-hydrogen) atoms. The first kappa shape index (κ1) is 26.4. The van der Waals surface area contributed by atoms with E-state index in [0.29, 0.717) is 57.2 Å². The lowest BCUT2D eigenvalue weighted by molar-refractivity contribution is -0.132. The van der Waals surface area contributed by atoms with Gasteiger partial charge in [0, 0.05) is 19.6 Å². The molecule has 2 aliphatic rings. The molecule has 198 valence electrons. The van der Waals surface area contributed by atoms with E-state index in [-0.39, 0.29) is 40.7 Å². The van der Waals surface area contributed by atoms with Gasteiger partial charge >= 0.3 is 5.91 Å². The molecule has 0 atom stereocenters. The molecule has 13 heteroatoms. The van der Waals surface area contributed by atoms with Gasteiger partial charge in [0.05, 0.1) is 18.6 Å². The number of carbonyl (C=O) groups is 2. The molecule has 0 bridgehead atoms. The summed E-state index contributed by atoms with van der Waals surface area (Å²) < 4.78 is 10.8. The number of nitrogens with two attached hydrogens (primary N) is 2. The van der Waals surface area contributed by atoms with Crippen molar-refractivity contribution in [2.24, 2.45) is 4.99 Å². The third kappa shape index (κ3) is 6.57. The van der Waals surface area contributed by atoms with Crippen LogP contribution >= 0.6 is 11.6 Å². The summed E-state index contributed by atoms with van der Waals surface area (Å²) in [5.74, 6) is 0.215. The molecule has 2 aliphatic heterocycles. The number of piperidine rings is 1. The number of rotatable bonds is 8. The molecule has 6 N–H and O–H groups in total. The third-order valence-electron chi connectivity index (χ3n) is 6.31. The fourth-order valence-corrected chi connectivity index (χ4v) is 4.33. The molecule has 4 rings (SSSR count). The first-order valence-electron chi connectivity index (χ1n) is 12.1. The summed E-state index contributed by atoms with van der Waals surface area (Å²) >= 11 is 5.86. The number of nitrogens with zero attached hydrogens (tertiary/aromatic N) is 4. The van der Waals surface area contributed by atoms with Crippen LogP contribution in [0.3, 0.4) is 0 Å². The Morgan fingerprint density at radius 2 is 1.89 bits per heavy atom. The van der Waals surface area contributed by atoms with Crippen LogP contribution in [0.1, 0.15) is 42.2 Å². The number of benzene rings is 1. The second-order valence-corrected chi connectivity index (χ2v) is 9.39. The fraction of sp³-hybridized carbons (Fsp3) is 0.458. The average molecular weight is 531 g/mol. The first-order valence-corrected chi connectivity index (χ1v) is 12.5. The molecule has 12 nitrogen and oxygen atoms in total. The minimum Gasteiger partial charge on any atom is -0.468 e. The number of anilines is 2. The van der Waals surface area contributed by atoms with Crippen LogP contribution in [0.15, 0.2) is 29.3 Å². The zero-order valence-electron chi connectivity index (χ0n) is 20.6. The van der Waals surface area contributed by atoms with E-state index in [1.807, 2.05) is 36.1 Å². The molecule has 1 aromatic heterocycles. The Hall–Kier alpha value is -3.64. The lowest BCUT2D eigenvalue weighted by atomic mass is 9.88. The molecule has 1 aromatic carbocycles. The predicted molar refractivity (Wildman–Crippen MR) is 139 cm³/mol. The van der Waals surface area contributed by atoms with Gasteiger partial charge in [-0.25, -0.2) is 9.97 Å². The van der Waals surface area contributed by atoms with Crippen molar-refractivity contribution >= 4 is 41.0 Å². The average Bonchev–Trinajstić information content (AvgIpc) is 3.26. The maximum absolute atomic E-state index is 12.9. The van der Waals surface area contributed by atoms with E-state index >= 15 is 0 Å². The van der Waals surface area contributed by atoms with Gasteiger partial charge < -0.3 is 36.5 Å². The van der Waals surface area contributed by atoms with E-state index in [4.69, 9.17) is 32.5 Å². The zero-order valence-corrected chi connectivity index (χ0v) is 21.4. The maximum Gasteiger partial charge on any atom is 0.302 e. The van der Waals surface area contributed by atoms with Gasteiger partial charge in [0.2, 0.25) is 5.91 Å². The van der Waals surface area contributed by atoms with Crippen molar-refractivity contribution in [1.29, 1.82) is 0 Å². The van der Waals surface area contributed by atoms with Crippen molar-refractivity contribution in [2.45, 2.75) is 38.1 Å². The van der Waals surface area contributed by atoms with E-state index in [9.17, 15) is 9.59 Å². The number of likely N-dealkylation sites (tertiary alicyclic amines) is 1. The monoisotopic (exact) mass is 530 g/mol. The molecule has 2 amide bonds. The lowest BCUT2D eigenvalue weighted by Crippen LogP contribution is -2.54. The fourth-order valence-electron chi connectivity index (χ4n) is 4.20. The van der Waals surface area contributed by atoms with Gasteiger partial charge in [-0.2, -0.15) is 4.99 Å². The van der Waals surface area contributed by atoms with Crippen molar-refractivity contribution in [3.63, 3.8) is 0 Å². The number of guanidine groups is 1. The van der Waals surface area contributed by atoms with Gasteiger partial charge in [0.1, 0.15) is 5.75 Å². The van der Waals surface area contributed by atoms with Crippen LogP contribution in [0.4, 0.5) is 11.6 Å². The Bertz CT molecular complexity index is 1170. The number of nitrogen functional groups attached to an aromatic ring is 2. The van der Waals surface area contributed by atoms with Crippen molar-refractivity contribution in [3.05, 3.63) is 40.7 Å². The van der Waals surface area contributed by atoms with E-state index in [2.05, 4.69) is 25.6 Å². The Labute approximate surface area is 219 Å². The molecule has 0 radical (unpaired) electrons. The van der Waals surface area contributed by atoms with E-state index in [1.165, 1.54) is 0 Å². The Morgan fingerprint density at radius 3 is 2.59 bits per heavy atom. The van der Waals surface area contributed by atoms with Gasteiger partial charge in [-0.1, -0.05) is 30.7 Å². The Balaban J connectivity index is 1.27. The summed E-state index contributed by atoms with van der Waals surface area (Å²) in [6.07, 6.45) is 2.67. The topological polar surface area (TPSA) is 170 Å². The molecule has 1 spiro atoms. The Morgan fingerprint density at radius 1 is 1.16 bits per heavy atom. The van der Waals surface area contributed by atoms with Crippen molar-refractivity contribution in [1.82, 2.24) is 25.5 Å². The molecule has 2 fully saturated rings. The van der Waals surface area contributed by atoms with Crippen LogP contribution in [0.25, 0.3) is 0 Å². The van der Waals surface area contributed by atoms with Gasteiger partial charge in [-0.3, -0.25) is 9.59 Å². The summed E-state index contributed by atoms with van der Waals surface area (Å²) in [5.41, 5.74) is 11.8. The first-order chi connectivity index (χ1) is 17.8. The lowest BCUT2D eigenvalue weighted by Gasteiger charge is -2.38. The van der Waals surface area contributed by atoms with Crippen LogP contribution in [-0.2, 0) is 16.0 Å². The highest BCUT2D eigenvalue weighted by Crippen LogP contribution is 2.25. The number of carbonyl (C=O) groups excluding carboxylic acids is 2. The highest BCUT2D eigenvalue weighted by molar-refractivity contribution is 6.31. The van der Waals surface area contributed by atoms with Crippen molar-refractivity contribution in [3.8, 4) is 5.75 Å². The van der Waals surface area contributed by atoms with Gasteiger partial charge in [0.25, 0.3) is 0 Å². The molecule has 0 saturated carbocycles. The van der Waals surface area contributed by atoms with E-state index in [1.54, 1.807) is 0 Å². The van der Waals surface area contributed by atoms with E-state index < -0.39 is 5.91 Å². The highest BCUT2D eigenvalue weighted by atomic mass is 35.5. The molecule has 2 saturated heterocycles. The number of ether oxygens (including phenoxy) is 2. The standard InChI is InChI=1S/C24H31ClN8O4/c1-2-11-36-14-37-16-5-3-15(4-6-16)12-17(34)33-9-7-24(8-10-33)13-28-23(32-24)31-22(35)18-20(26)30-21(27)19(25)29-18/h3-6H,2,7-14H2,1H3,(H4,26,27,30)(H2,28,31,32,35). The van der Waals surface area contributed by atoms with Crippen LogP contribution in [0.5, 0.6) is 5.75 Å². The van der Waals surface area contributed by atoms with Gasteiger partial charge in [-0.15, -0.1) is 0 Å². The molecular formula is C24H31ClN8O4. The summed E-state index contributed by atoms with van der Waals surface area (Å²) in [4.78, 5) is 39.0. The number of hydrogen-bond acceptors (Lipinski definition) is 8. The SMILES string of the molecule is CCCOCOc1ccc(CC(=O)N2CCC3(CC2)CN/C(=N\C(=O)c2nc(Cl)c(N)nc2N)N3)cc1. The maximum atomic E-state index is 12.9. The second kappa shape index (κ2) is 11.6. The summed E-state index contributed by atoms with van der Waals surface area (Å²) in [6, 6.07) is 7.48. The Kier molecular flexibility index (Phi) is 8.29. The summed E-state index contributed by atoms with van der Waals surface area (Å²) in [6.45, 7) is 4.67. The number of amides is 2. The summed E-state index contributed by atoms with van der Waals surface area (Å²) in [7, 11) is 0. The molecule has 2 aromatic rings. The molecule has 0 unspecified atom stereocenters. The number of aromatic nitrogens is 2. The quantitative estimate of drug-likeness (QED) is 0.288. The smallest absolute Gasteiger partial charge is 0.302 e. The van der Waals surface area contributed by atoms with Gasteiger partial charge in [0.15, 0.2) is 35.2 Å². The predicted octanol–water partition coefficient (Wildman–Crippen LogP) is 1.35.